The second kappa shape index (κ2) is 7.56. The van der Waals surface area contributed by atoms with Crippen molar-refractivity contribution >= 4 is 55.4 Å². The van der Waals surface area contributed by atoms with E-state index < -0.39 is 15.9 Å². The molecule has 0 saturated heterocycles. The fraction of sp³-hybridized carbons (Fsp3) is 0.118. The van der Waals surface area contributed by atoms with Crippen LogP contribution in [0.2, 0.25) is 0 Å². The fourth-order valence-corrected chi connectivity index (χ4v) is 5.74. The van der Waals surface area contributed by atoms with E-state index in [9.17, 15) is 14.1 Å². The van der Waals surface area contributed by atoms with Crippen LogP contribution in [0, 0.1) is 0 Å². The van der Waals surface area contributed by atoms with E-state index in [1.54, 1.807) is 36.4 Å². The molecule has 1 atom stereocenters. The molecule has 0 radical (unpaired) electrons. The highest BCUT2D eigenvalue weighted by atomic mass is 32.2. The maximum absolute atomic E-state index is 13.3. The number of nitrogens with zero attached hydrogens (tertiary/aromatic N) is 1. The average molecular weight is 409 g/mol. The quantitative estimate of drug-likeness (QED) is 0.418. The Hall–Kier alpha value is -2.23. The van der Waals surface area contributed by atoms with E-state index in [0.29, 0.717) is 25.6 Å². The maximum atomic E-state index is 13.3. The molecule has 0 fully saturated rings. The monoisotopic (exact) mass is 408 g/mol. The molecular formula is C17H16N2O4S3. The average Bonchev–Trinajstić information content (AvgIpc) is 3.18. The van der Waals surface area contributed by atoms with Gasteiger partial charge in [-0.2, -0.15) is 0 Å². The summed E-state index contributed by atoms with van der Waals surface area (Å²) in [5.41, 5.74) is 0.523. The molecule has 0 spiro atoms. The molecule has 0 aliphatic rings. The first-order valence-electron chi connectivity index (χ1n) is 7.50. The van der Waals surface area contributed by atoms with E-state index in [-0.39, 0.29) is 11.5 Å². The summed E-state index contributed by atoms with van der Waals surface area (Å²) in [5.74, 6) is -1.17. The van der Waals surface area contributed by atoms with Crippen molar-refractivity contribution in [3.8, 4) is 5.75 Å². The van der Waals surface area contributed by atoms with Gasteiger partial charge in [-0.15, -0.1) is 23.1 Å². The molecule has 1 aromatic heterocycles. The highest BCUT2D eigenvalue weighted by Crippen LogP contribution is 2.40. The zero-order valence-corrected chi connectivity index (χ0v) is 16.2. The third-order valence-electron chi connectivity index (χ3n) is 3.61. The van der Waals surface area contributed by atoms with Gasteiger partial charge in [0.15, 0.2) is 9.92 Å². The predicted molar refractivity (Wildman–Crippen MR) is 107 cm³/mol. The van der Waals surface area contributed by atoms with E-state index in [1.807, 2.05) is 11.4 Å². The molecule has 0 amide bonds. The van der Waals surface area contributed by atoms with Gasteiger partial charge in [-0.25, -0.2) is 8.57 Å². The number of rotatable bonds is 6. The molecule has 0 aliphatic heterocycles. The molecule has 26 heavy (non-hydrogen) atoms. The molecule has 9 heteroatoms. The Kier molecular flexibility index (Phi) is 5.40. The van der Waals surface area contributed by atoms with Crippen LogP contribution >= 0.6 is 23.1 Å². The molecule has 3 aromatic rings. The summed E-state index contributed by atoms with van der Waals surface area (Å²) in [7, 11) is -1.40. The summed E-state index contributed by atoms with van der Waals surface area (Å²) in [6, 6.07) is 12.3. The third kappa shape index (κ3) is 3.64. The summed E-state index contributed by atoms with van der Waals surface area (Å²) in [5, 5.41) is 22.5. The van der Waals surface area contributed by atoms with Gasteiger partial charge >= 0.3 is 5.97 Å². The number of phenols is 1. The second-order valence-corrected chi connectivity index (χ2v) is 9.53. The van der Waals surface area contributed by atoms with Crippen LogP contribution in [-0.4, -0.2) is 33.2 Å². The van der Waals surface area contributed by atoms with Crippen molar-refractivity contribution in [2.75, 3.05) is 17.5 Å². The Balaban J connectivity index is 2.14. The van der Waals surface area contributed by atoms with Crippen LogP contribution in [0.3, 0.4) is 0 Å². The summed E-state index contributed by atoms with van der Waals surface area (Å²) in [6.45, 7) is 0. The SMILES string of the molecule is CN=S(=O)(Nc1cc(SCC(=O)O)c(O)c2ccccc12)c1cccs1. The highest BCUT2D eigenvalue weighted by Gasteiger charge is 2.18. The molecule has 0 saturated carbocycles. The first-order chi connectivity index (χ1) is 12.4. The minimum Gasteiger partial charge on any atom is -0.506 e. The second-order valence-electron chi connectivity index (χ2n) is 5.24. The highest BCUT2D eigenvalue weighted by molar-refractivity contribution is 8.00. The molecule has 6 nitrogen and oxygen atoms in total. The number of thiophene rings is 1. The summed E-state index contributed by atoms with van der Waals surface area (Å²) < 4.78 is 20.9. The third-order valence-corrected chi connectivity index (χ3v) is 7.94. The van der Waals surface area contributed by atoms with E-state index in [1.165, 1.54) is 18.4 Å². The zero-order valence-electron chi connectivity index (χ0n) is 13.7. The summed E-state index contributed by atoms with van der Waals surface area (Å²) in [6.07, 6.45) is 0. The van der Waals surface area contributed by atoms with Gasteiger partial charge in [0.1, 0.15) is 9.96 Å². The molecule has 2 aromatic carbocycles. The lowest BCUT2D eigenvalue weighted by molar-refractivity contribution is -0.133. The fourth-order valence-electron chi connectivity index (χ4n) is 2.42. The lowest BCUT2D eigenvalue weighted by atomic mass is 10.1. The lowest BCUT2D eigenvalue weighted by Gasteiger charge is -2.16. The molecule has 1 unspecified atom stereocenters. The molecule has 1 heterocycles. The number of carboxylic acids is 1. The molecule has 0 aliphatic carbocycles. The van der Waals surface area contributed by atoms with Gasteiger partial charge in [-0.1, -0.05) is 30.3 Å². The summed E-state index contributed by atoms with van der Waals surface area (Å²) in [4.78, 5) is 11.3. The first kappa shape index (κ1) is 18.6. The number of aromatic hydroxyl groups is 1. The van der Waals surface area contributed by atoms with Crippen LogP contribution in [0.5, 0.6) is 5.75 Å². The topological polar surface area (TPSA) is 99.0 Å². The Morgan fingerprint density at radius 3 is 2.62 bits per heavy atom. The molecule has 3 rings (SSSR count). The van der Waals surface area contributed by atoms with Gasteiger partial charge in [0.2, 0.25) is 0 Å². The number of phenolic OH excluding ortho intramolecular Hbond substituents is 1. The number of nitrogens with one attached hydrogen (secondary N) is 1. The van der Waals surface area contributed by atoms with Crippen molar-refractivity contribution < 1.29 is 19.2 Å². The number of benzene rings is 2. The number of hydrogen-bond donors (Lipinski definition) is 3. The van der Waals surface area contributed by atoms with Gasteiger partial charge < -0.3 is 10.2 Å². The van der Waals surface area contributed by atoms with Gasteiger partial charge in [-0.3, -0.25) is 9.52 Å². The van der Waals surface area contributed by atoms with Gasteiger partial charge in [-0.05, 0) is 17.5 Å². The van der Waals surface area contributed by atoms with Crippen LogP contribution in [-0.2, 0) is 14.7 Å². The first-order valence-corrected chi connectivity index (χ1v) is 10.9. The van der Waals surface area contributed by atoms with Crippen molar-refractivity contribution in [3.63, 3.8) is 0 Å². The van der Waals surface area contributed by atoms with Crippen molar-refractivity contribution in [2.45, 2.75) is 9.10 Å². The normalized spacial score (nSPS) is 13.3. The van der Waals surface area contributed by atoms with E-state index in [0.717, 1.165) is 11.8 Å². The molecular weight excluding hydrogens is 392 g/mol. The van der Waals surface area contributed by atoms with Crippen molar-refractivity contribution in [1.82, 2.24) is 0 Å². The smallest absolute Gasteiger partial charge is 0.313 e. The molecule has 0 bridgehead atoms. The number of thioether (sulfide) groups is 1. The van der Waals surface area contributed by atoms with E-state index >= 15 is 0 Å². The molecule has 3 N–H and O–H groups in total. The van der Waals surface area contributed by atoms with Crippen molar-refractivity contribution in [3.05, 3.63) is 47.8 Å². The Labute approximate surface area is 159 Å². The minimum absolute atomic E-state index is 0.00783. The van der Waals surface area contributed by atoms with Crippen LogP contribution < -0.4 is 4.72 Å². The zero-order chi connectivity index (χ0) is 18.7. The number of carbonyl (C=O) groups is 1. The Morgan fingerprint density at radius 1 is 1.27 bits per heavy atom. The summed E-state index contributed by atoms with van der Waals surface area (Å²) >= 11 is 2.34. The van der Waals surface area contributed by atoms with Crippen LogP contribution in [0.4, 0.5) is 5.69 Å². The lowest BCUT2D eigenvalue weighted by Crippen LogP contribution is -2.12. The standard InChI is InChI=1S/C17H16N2O4S3/c1-18-26(23,16-7-4-8-24-16)19-13-9-14(25-10-15(20)21)17(22)12-6-3-2-5-11(12)13/h2-9,22H,10H2,1H3,(H,20,21)(H,18,19,23). The van der Waals surface area contributed by atoms with Crippen molar-refractivity contribution in [2.24, 2.45) is 4.36 Å². The predicted octanol–water partition coefficient (Wildman–Crippen LogP) is 4.27. The molecule has 136 valence electrons. The maximum Gasteiger partial charge on any atom is 0.313 e. The van der Waals surface area contributed by atoms with E-state index in [2.05, 4.69) is 9.08 Å². The van der Waals surface area contributed by atoms with Crippen LogP contribution in [0.15, 0.2) is 61.3 Å². The Morgan fingerprint density at radius 2 is 2.00 bits per heavy atom. The van der Waals surface area contributed by atoms with E-state index in [4.69, 9.17) is 5.11 Å². The van der Waals surface area contributed by atoms with Crippen LogP contribution in [0.25, 0.3) is 10.8 Å². The largest absolute Gasteiger partial charge is 0.506 e. The number of anilines is 1. The van der Waals surface area contributed by atoms with Gasteiger partial charge in [0.05, 0.1) is 16.3 Å². The number of carboxylic acid groups (broad SMARTS) is 1. The van der Waals surface area contributed by atoms with Crippen LogP contribution in [0.1, 0.15) is 0 Å². The Bertz CT molecular complexity index is 1070. The number of aliphatic carboxylic acids is 1. The number of hydrogen-bond acceptors (Lipinski definition) is 6. The van der Waals surface area contributed by atoms with Crippen molar-refractivity contribution in [1.29, 1.82) is 0 Å². The van der Waals surface area contributed by atoms with Gasteiger partial charge in [0.25, 0.3) is 0 Å². The van der Waals surface area contributed by atoms with Gasteiger partial charge in [0, 0.05) is 17.8 Å². The minimum atomic E-state index is -2.88. The number of fused-ring (bicyclic) bond motifs is 1.